The third-order valence-electron chi connectivity index (χ3n) is 4.46. The lowest BCUT2D eigenvalue weighted by molar-refractivity contribution is -0.123. The molecule has 0 aliphatic rings. The summed E-state index contributed by atoms with van der Waals surface area (Å²) in [4.78, 5) is 35.8. The molecule has 0 radical (unpaired) electrons. The predicted octanol–water partition coefficient (Wildman–Crippen LogP) is 4.34. The van der Waals surface area contributed by atoms with Gasteiger partial charge in [0.1, 0.15) is 0 Å². The lowest BCUT2D eigenvalue weighted by Crippen LogP contribution is -2.30. The molecule has 2 N–H and O–H groups in total. The van der Waals surface area contributed by atoms with Crippen molar-refractivity contribution in [2.45, 2.75) is 46.1 Å². The van der Waals surface area contributed by atoms with Crippen LogP contribution in [0.5, 0.6) is 0 Å². The molecule has 2 aromatic rings. The van der Waals surface area contributed by atoms with Crippen LogP contribution in [0, 0.1) is 0 Å². The summed E-state index contributed by atoms with van der Waals surface area (Å²) in [6, 6.07) is 13.9. The molecular weight excluding hydrogens is 356 g/mol. The lowest BCUT2D eigenvalue weighted by Gasteiger charge is -2.18. The van der Waals surface area contributed by atoms with Crippen LogP contribution < -0.4 is 10.6 Å². The molecule has 0 aliphatic heterocycles. The summed E-state index contributed by atoms with van der Waals surface area (Å²) in [6.07, 6.45) is -0.00108. The number of esters is 1. The van der Waals surface area contributed by atoms with Crippen molar-refractivity contribution < 1.29 is 19.1 Å². The number of ether oxygens (including phenoxy) is 1. The van der Waals surface area contributed by atoms with Gasteiger partial charge in [-0.3, -0.25) is 9.59 Å². The van der Waals surface area contributed by atoms with Crippen LogP contribution in [-0.2, 0) is 14.3 Å². The maximum Gasteiger partial charge on any atom is 0.338 e. The highest BCUT2D eigenvalue weighted by Crippen LogP contribution is 2.26. The van der Waals surface area contributed by atoms with E-state index in [0.29, 0.717) is 17.2 Å². The second-order valence-electron chi connectivity index (χ2n) is 6.69. The fraction of sp³-hybridized carbons (Fsp3) is 0.318. The van der Waals surface area contributed by atoms with Gasteiger partial charge in [-0.2, -0.15) is 0 Å². The van der Waals surface area contributed by atoms with Crippen LogP contribution in [0.15, 0.2) is 48.5 Å². The SMILES string of the molecule is CC[C@@H](C)c1ccccc1NC(=O)[C@H](C)OC(=O)c1ccc(NC(C)=O)cc1. The Labute approximate surface area is 165 Å². The van der Waals surface area contributed by atoms with Gasteiger partial charge in [-0.25, -0.2) is 4.79 Å². The first-order valence-electron chi connectivity index (χ1n) is 9.30. The summed E-state index contributed by atoms with van der Waals surface area (Å²) in [5.41, 5.74) is 2.65. The van der Waals surface area contributed by atoms with E-state index in [-0.39, 0.29) is 11.8 Å². The van der Waals surface area contributed by atoms with Crippen molar-refractivity contribution in [3.8, 4) is 0 Å². The summed E-state index contributed by atoms with van der Waals surface area (Å²) in [6.45, 7) is 7.12. The van der Waals surface area contributed by atoms with E-state index in [4.69, 9.17) is 4.74 Å². The minimum absolute atomic E-state index is 0.196. The van der Waals surface area contributed by atoms with Crippen molar-refractivity contribution in [1.82, 2.24) is 0 Å². The van der Waals surface area contributed by atoms with E-state index >= 15 is 0 Å². The fourth-order valence-corrected chi connectivity index (χ4v) is 2.67. The van der Waals surface area contributed by atoms with Crippen molar-refractivity contribution in [3.05, 3.63) is 59.7 Å². The molecule has 6 nitrogen and oxygen atoms in total. The Morgan fingerprint density at radius 3 is 2.21 bits per heavy atom. The minimum atomic E-state index is -0.951. The molecule has 0 saturated heterocycles. The molecule has 0 saturated carbocycles. The van der Waals surface area contributed by atoms with E-state index in [9.17, 15) is 14.4 Å². The minimum Gasteiger partial charge on any atom is -0.449 e. The van der Waals surface area contributed by atoms with Gasteiger partial charge in [0.05, 0.1) is 5.56 Å². The summed E-state index contributed by atoms with van der Waals surface area (Å²) in [7, 11) is 0. The molecule has 2 aromatic carbocycles. The maximum atomic E-state index is 12.5. The first-order valence-corrected chi connectivity index (χ1v) is 9.30. The highest BCUT2D eigenvalue weighted by Gasteiger charge is 2.20. The Hall–Kier alpha value is -3.15. The van der Waals surface area contributed by atoms with Gasteiger partial charge in [-0.15, -0.1) is 0 Å². The summed E-state index contributed by atoms with van der Waals surface area (Å²) in [5.74, 6) is -0.888. The molecule has 2 rings (SSSR count). The number of carbonyl (C=O) groups excluding carboxylic acids is 3. The zero-order valence-corrected chi connectivity index (χ0v) is 16.6. The second-order valence-corrected chi connectivity index (χ2v) is 6.69. The summed E-state index contributed by atoms with van der Waals surface area (Å²) in [5, 5.41) is 5.47. The number of nitrogens with one attached hydrogen (secondary N) is 2. The number of hydrogen-bond acceptors (Lipinski definition) is 4. The lowest BCUT2D eigenvalue weighted by atomic mass is 9.97. The molecular formula is C22H26N2O4. The van der Waals surface area contributed by atoms with Crippen LogP contribution in [0.4, 0.5) is 11.4 Å². The third-order valence-corrected chi connectivity index (χ3v) is 4.46. The fourth-order valence-electron chi connectivity index (χ4n) is 2.67. The van der Waals surface area contributed by atoms with Crippen molar-refractivity contribution in [1.29, 1.82) is 0 Å². The van der Waals surface area contributed by atoms with Crippen molar-refractivity contribution >= 4 is 29.2 Å². The Bertz CT molecular complexity index is 846. The van der Waals surface area contributed by atoms with Gasteiger partial charge in [0.2, 0.25) is 5.91 Å². The number of rotatable bonds is 7. The second kappa shape index (κ2) is 9.69. The van der Waals surface area contributed by atoms with E-state index < -0.39 is 12.1 Å². The monoisotopic (exact) mass is 382 g/mol. The highest BCUT2D eigenvalue weighted by molar-refractivity contribution is 5.98. The number of anilines is 2. The van der Waals surface area contributed by atoms with Crippen LogP contribution in [0.2, 0.25) is 0 Å². The standard InChI is InChI=1S/C22H26N2O4/c1-5-14(2)19-8-6-7-9-20(19)24-21(26)15(3)28-22(27)17-10-12-18(13-11-17)23-16(4)25/h6-15H,5H2,1-4H3,(H,23,25)(H,24,26)/t14-,15+/m1/s1. The quantitative estimate of drug-likeness (QED) is 0.698. The van der Waals surface area contributed by atoms with Crippen molar-refractivity contribution in [2.75, 3.05) is 10.6 Å². The molecule has 0 aromatic heterocycles. The van der Waals surface area contributed by atoms with E-state index in [1.54, 1.807) is 12.1 Å². The Kier molecular flexibility index (Phi) is 7.32. The molecule has 6 heteroatoms. The number of amides is 2. The zero-order valence-electron chi connectivity index (χ0n) is 16.6. The number of carbonyl (C=O) groups is 3. The highest BCUT2D eigenvalue weighted by atomic mass is 16.5. The van der Waals surface area contributed by atoms with Crippen LogP contribution in [0.25, 0.3) is 0 Å². The average Bonchev–Trinajstić information content (AvgIpc) is 2.67. The maximum absolute atomic E-state index is 12.5. The van der Waals surface area contributed by atoms with Crippen LogP contribution in [0.1, 0.15) is 56.0 Å². The Morgan fingerprint density at radius 2 is 1.61 bits per heavy atom. The van der Waals surface area contributed by atoms with Crippen LogP contribution >= 0.6 is 0 Å². The van der Waals surface area contributed by atoms with Crippen molar-refractivity contribution in [2.24, 2.45) is 0 Å². The van der Waals surface area contributed by atoms with Gasteiger partial charge >= 0.3 is 5.97 Å². The first kappa shape index (κ1) is 21.2. The van der Waals surface area contributed by atoms with Gasteiger partial charge < -0.3 is 15.4 Å². The molecule has 2 amide bonds. The Morgan fingerprint density at radius 1 is 0.964 bits per heavy atom. The molecule has 0 unspecified atom stereocenters. The van der Waals surface area contributed by atoms with Gasteiger partial charge in [0.15, 0.2) is 6.10 Å². The molecule has 148 valence electrons. The average molecular weight is 382 g/mol. The molecule has 28 heavy (non-hydrogen) atoms. The van der Waals surface area contributed by atoms with Crippen LogP contribution in [0.3, 0.4) is 0 Å². The number of para-hydroxylation sites is 1. The molecule has 0 spiro atoms. The number of benzene rings is 2. The molecule has 0 heterocycles. The Balaban J connectivity index is 2.00. The van der Waals surface area contributed by atoms with Gasteiger partial charge in [0, 0.05) is 18.3 Å². The first-order chi connectivity index (χ1) is 13.3. The van der Waals surface area contributed by atoms with E-state index in [1.807, 2.05) is 24.3 Å². The van der Waals surface area contributed by atoms with Gasteiger partial charge in [-0.1, -0.05) is 32.0 Å². The largest absolute Gasteiger partial charge is 0.449 e. The van der Waals surface area contributed by atoms with Crippen molar-refractivity contribution in [3.63, 3.8) is 0 Å². The zero-order chi connectivity index (χ0) is 20.7. The molecule has 2 atom stereocenters. The molecule has 0 bridgehead atoms. The third kappa shape index (κ3) is 5.67. The topological polar surface area (TPSA) is 84.5 Å². The normalized spacial score (nSPS) is 12.6. The smallest absolute Gasteiger partial charge is 0.338 e. The predicted molar refractivity (Wildman–Crippen MR) is 109 cm³/mol. The summed E-state index contributed by atoms with van der Waals surface area (Å²) < 4.78 is 5.28. The van der Waals surface area contributed by atoms with Crippen LogP contribution in [-0.4, -0.2) is 23.9 Å². The van der Waals surface area contributed by atoms with E-state index in [2.05, 4.69) is 24.5 Å². The van der Waals surface area contributed by atoms with Gasteiger partial charge in [0.25, 0.3) is 5.91 Å². The summed E-state index contributed by atoms with van der Waals surface area (Å²) >= 11 is 0. The molecule has 0 aliphatic carbocycles. The van der Waals surface area contributed by atoms with E-state index in [0.717, 1.165) is 17.7 Å². The van der Waals surface area contributed by atoms with E-state index in [1.165, 1.54) is 26.0 Å². The van der Waals surface area contributed by atoms with Gasteiger partial charge in [-0.05, 0) is 55.2 Å². The molecule has 0 fully saturated rings. The number of hydrogen-bond donors (Lipinski definition) is 2.